The summed E-state index contributed by atoms with van der Waals surface area (Å²) in [5, 5.41) is 0. The molecule has 0 aliphatic carbocycles. The summed E-state index contributed by atoms with van der Waals surface area (Å²) in [5.74, 6) is -0.0467. The highest BCUT2D eigenvalue weighted by molar-refractivity contribution is 9.10. The number of fused-ring (bicyclic) bond motifs is 1. The molecule has 0 fully saturated rings. The van der Waals surface area contributed by atoms with Crippen LogP contribution in [-0.2, 0) is 13.1 Å². The fourth-order valence-corrected chi connectivity index (χ4v) is 3.21. The third-order valence-corrected chi connectivity index (χ3v) is 4.28. The van der Waals surface area contributed by atoms with Crippen LogP contribution in [-0.4, -0.2) is 9.91 Å². The zero-order valence-corrected chi connectivity index (χ0v) is 12.5. The van der Waals surface area contributed by atoms with Crippen LogP contribution in [0.15, 0.2) is 53.0 Å². The molecule has 2 aromatic carbocycles. The van der Waals surface area contributed by atoms with Gasteiger partial charge < -0.3 is 0 Å². The van der Waals surface area contributed by atoms with Crippen molar-refractivity contribution in [1.82, 2.24) is 0 Å². The van der Waals surface area contributed by atoms with Gasteiger partial charge in [-0.05, 0) is 24.3 Å². The minimum Gasteiger partial charge on any atom is -0.224 e. The highest BCUT2D eigenvalue weighted by atomic mass is 79.9. The molecule has 0 aromatic heterocycles. The Bertz CT molecular complexity index is 644. The van der Waals surface area contributed by atoms with Crippen LogP contribution in [0.4, 0.5) is 0 Å². The molecule has 1 unspecified atom stereocenters. The molecule has 0 radical (unpaired) electrons. The molecular formula is C15H12BrClNO+. The fourth-order valence-electron chi connectivity index (χ4n) is 2.45. The summed E-state index contributed by atoms with van der Waals surface area (Å²) in [6.45, 7) is 1.07. The van der Waals surface area contributed by atoms with E-state index in [1.807, 2.05) is 48.5 Å². The minimum absolute atomic E-state index is 0.0467. The van der Waals surface area contributed by atoms with Crippen molar-refractivity contribution in [1.29, 1.82) is 0 Å². The number of hydrogen-bond donors (Lipinski definition) is 0. The number of hydrogen-bond acceptors (Lipinski definition) is 1. The van der Waals surface area contributed by atoms with Crippen molar-refractivity contribution in [3.8, 4) is 0 Å². The van der Waals surface area contributed by atoms with Crippen LogP contribution in [0.1, 0.15) is 21.5 Å². The van der Waals surface area contributed by atoms with Gasteiger partial charge in [-0.2, -0.15) is 0 Å². The lowest BCUT2D eigenvalue weighted by molar-refractivity contribution is -0.750. The zero-order chi connectivity index (χ0) is 13.5. The Labute approximate surface area is 125 Å². The SMILES string of the molecule is O=C(c1ccccc1)[N+]1(Cl)Cc2ccc(Br)cc2C1. The lowest BCUT2D eigenvalue weighted by Crippen LogP contribution is -2.38. The van der Waals surface area contributed by atoms with Crippen LogP contribution < -0.4 is 0 Å². The maximum Gasteiger partial charge on any atom is 0.364 e. The Morgan fingerprint density at radius 3 is 2.47 bits per heavy atom. The number of carbonyl (C=O) groups excluding carboxylic acids is 1. The van der Waals surface area contributed by atoms with Gasteiger partial charge in [-0.3, -0.25) is 0 Å². The Hall–Kier alpha value is -1.16. The van der Waals surface area contributed by atoms with Gasteiger partial charge in [-0.25, -0.2) is 4.79 Å². The Kier molecular flexibility index (Phi) is 3.21. The Morgan fingerprint density at radius 2 is 1.74 bits per heavy atom. The van der Waals surface area contributed by atoms with Crippen molar-refractivity contribution in [2.45, 2.75) is 13.1 Å². The maximum absolute atomic E-state index is 12.6. The number of amides is 1. The number of benzene rings is 2. The normalized spacial score (nSPS) is 21.2. The molecule has 96 valence electrons. The number of rotatable bonds is 1. The summed E-state index contributed by atoms with van der Waals surface area (Å²) in [6.07, 6.45) is 0. The van der Waals surface area contributed by atoms with Crippen LogP contribution in [0.3, 0.4) is 0 Å². The van der Waals surface area contributed by atoms with E-state index >= 15 is 0 Å². The first kappa shape index (κ1) is 12.9. The van der Waals surface area contributed by atoms with Gasteiger partial charge >= 0.3 is 5.91 Å². The van der Waals surface area contributed by atoms with E-state index in [0.717, 1.165) is 15.6 Å². The summed E-state index contributed by atoms with van der Waals surface area (Å²) in [4.78, 5) is 12.6. The average molecular weight is 338 g/mol. The first-order chi connectivity index (χ1) is 9.08. The lowest BCUT2D eigenvalue weighted by atomic mass is 10.1. The zero-order valence-electron chi connectivity index (χ0n) is 10.1. The molecule has 1 amide bonds. The van der Waals surface area contributed by atoms with Crippen LogP contribution >= 0.6 is 27.7 Å². The molecule has 2 nitrogen and oxygen atoms in total. The van der Waals surface area contributed by atoms with Crippen LogP contribution in [0, 0.1) is 0 Å². The minimum atomic E-state index is -0.101. The van der Waals surface area contributed by atoms with Crippen molar-refractivity contribution in [2.24, 2.45) is 0 Å². The van der Waals surface area contributed by atoms with Gasteiger partial charge in [0.05, 0.1) is 5.56 Å². The van der Waals surface area contributed by atoms with E-state index in [9.17, 15) is 4.79 Å². The van der Waals surface area contributed by atoms with Crippen molar-refractivity contribution >= 4 is 33.6 Å². The predicted molar refractivity (Wildman–Crippen MR) is 78.4 cm³/mol. The van der Waals surface area contributed by atoms with Crippen molar-refractivity contribution in [2.75, 3.05) is 0 Å². The van der Waals surface area contributed by atoms with Gasteiger partial charge in [-0.15, -0.1) is 4.00 Å². The fraction of sp³-hybridized carbons (Fsp3) is 0.133. The summed E-state index contributed by atoms with van der Waals surface area (Å²) in [5.41, 5.74) is 2.93. The number of nitrogens with zero attached hydrogens (tertiary/aromatic N) is 1. The summed E-state index contributed by atoms with van der Waals surface area (Å²) in [7, 11) is 0. The Morgan fingerprint density at radius 1 is 1.05 bits per heavy atom. The third-order valence-electron chi connectivity index (χ3n) is 3.39. The summed E-state index contributed by atoms with van der Waals surface area (Å²) < 4.78 is 0.916. The van der Waals surface area contributed by atoms with Gasteiger partial charge in [0.15, 0.2) is 11.8 Å². The molecular weight excluding hydrogens is 326 g/mol. The van der Waals surface area contributed by atoms with Gasteiger partial charge in [0.25, 0.3) is 0 Å². The second kappa shape index (κ2) is 4.75. The molecule has 1 aliphatic heterocycles. The van der Waals surface area contributed by atoms with E-state index in [-0.39, 0.29) is 9.91 Å². The first-order valence-corrected chi connectivity index (χ1v) is 7.16. The summed E-state index contributed by atoms with van der Waals surface area (Å²) >= 11 is 10.00. The first-order valence-electron chi connectivity index (χ1n) is 6.02. The quantitative estimate of drug-likeness (QED) is 0.710. The van der Waals surface area contributed by atoms with E-state index in [0.29, 0.717) is 18.7 Å². The Balaban J connectivity index is 1.93. The van der Waals surface area contributed by atoms with E-state index in [1.54, 1.807) is 0 Å². The highest BCUT2D eigenvalue weighted by Gasteiger charge is 2.43. The van der Waals surface area contributed by atoms with Crippen molar-refractivity contribution in [3.05, 3.63) is 69.7 Å². The molecule has 0 saturated heterocycles. The van der Waals surface area contributed by atoms with Gasteiger partial charge in [0, 0.05) is 15.6 Å². The smallest absolute Gasteiger partial charge is 0.224 e. The van der Waals surface area contributed by atoms with Gasteiger partial charge in [0.2, 0.25) is 0 Å². The van der Waals surface area contributed by atoms with E-state index in [2.05, 4.69) is 15.9 Å². The molecule has 4 heteroatoms. The molecule has 0 N–H and O–H groups in total. The topological polar surface area (TPSA) is 17.1 Å². The molecule has 2 aromatic rings. The third kappa shape index (κ3) is 2.34. The van der Waals surface area contributed by atoms with Crippen molar-refractivity contribution in [3.63, 3.8) is 0 Å². The van der Waals surface area contributed by atoms with Gasteiger partial charge in [-0.1, -0.05) is 40.2 Å². The molecule has 1 atom stereocenters. The molecule has 3 rings (SSSR count). The predicted octanol–water partition coefficient (Wildman–Crippen LogP) is 4.27. The molecule has 0 spiro atoms. The molecule has 1 aliphatic rings. The average Bonchev–Trinajstić information content (AvgIpc) is 2.75. The van der Waals surface area contributed by atoms with Gasteiger partial charge in [0.1, 0.15) is 13.1 Å². The van der Waals surface area contributed by atoms with Crippen LogP contribution in [0.2, 0.25) is 0 Å². The van der Waals surface area contributed by atoms with Crippen LogP contribution in [0.5, 0.6) is 0 Å². The number of carbonyl (C=O) groups is 1. The van der Waals surface area contributed by atoms with E-state index in [1.165, 1.54) is 0 Å². The van der Waals surface area contributed by atoms with Crippen molar-refractivity contribution < 1.29 is 8.80 Å². The van der Waals surface area contributed by atoms with Crippen LogP contribution in [0.25, 0.3) is 0 Å². The largest absolute Gasteiger partial charge is 0.364 e. The second-order valence-corrected chi connectivity index (χ2v) is 6.33. The lowest BCUT2D eigenvalue weighted by Gasteiger charge is -2.20. The highest BCUT2D eigenvalue weighted by Crippen LogP contribution is 2.35. The maximum atomic E-state index is 12.6. The van der Waals surface area contributed by atoms with E-state index in [4.69, 9.17) is 11.8 Å². The second-order valence-electron chi connectivity index (χ2n) is 4.76. The number of halogens is 2. The molecule has 1 heterocycles. The summed E-state index contributed by atoms with van der Waals surface area (Å²) in [6, 6.07) is 15.3. The molecule has 0 saturated carbocycles. The monoisotopic (exact) mass is 336 g/mol. The van der Waals surface area contributed by atoms with E-state index < -0.39 is 0 Å². The standard InChI is InChI=1S/C15H12BrClNO/c16-14-7-6-12-9-18(17,10-13(12)8-14)15(19)11-4-2-1-3-5-11/h1-8H,9-10H2/q+1. The molecule has 0 bridgehead atoms. The number of quaternary nitrogens is 1. The molecule has 19 heavy (non-hydrogen) atoms.